The number of amides is 1. The molecule has 4 N–H and O–H groups in total. The molecule has 1 amide bonds. The molecule has 2 rings (SSSR count). The number of nitrogens with one attached hydrogen (secondary N) is 2. The highest BCUT2D eigenvalue weighted by Crippen LogP contribution is 2.22. The molecule has 0 aliphatic carbocycles. The largest absolute Gasteiger partial charge is 0.397 e. The smallest absolute Gasteiger partial charge is 0.253 e. The number of nitrogens with zero attached hydrogens (tertiary/aromatic N) is 2. The second-order valence-corrected chi connectivity index (χ2v) is 4.40. The van der Waals surface area contributed by atoms with Crippen LogP contribution in [0.1, 0.15) is 22.6 Å². The van der Waals surface area contributed by atoms with Gasteiger partial charge in [0.2, 0.25) is 0 Å². The number of aromatic amines is 1. The number of hydrogen-bond acceptors (Lipinski definition) is 4. The summed E-state index contributed by atoms with van der Waals surface area (Å²) < 4.78 is 0. The number of anilines is 1. The van der Waals surface area contributed by atoms with Crippen molar-refractivity contribution in [3.8, 4) is 0 Å². The molecular weight excluding hydrogens is 266 g/mol. The van der Waals surface area contributed by atoms with Gasteiger partial charge in [-0.1, -0.05) is 17.7 Å². The monoisotopic (exact) mass is 279 g/mol. The zero-order chi connectivity index (χ0) is 13.7. The first-order chi connectivity index (χ1) is 9.18. The van der Waals surface area contributed by atoms with E-state index >= 15 is 0 Å². The number of aryl methyl sites for hydroxylation is 1. The fourth-order valence-corrected chi connectivity index (χ4v) is 1.81. The summed E-state index contributed by atoms with van der Waals surface area (Å²) in [6, 6.07) is 4.99. The van der Waals surface area contributed by atoms with Crippen LogP contribution in [0.3, 0.4) is 0 Å². The number of carbonyl (C=O) groups excluding carboxylic acids is 1. The van der Waals surface area contributed by atoms with Gasteiger partial charge in [0.15, 0.2) is 0 Å². The second-order valence-electron chi connectivity index (χ2n) is 3.99. The van der Waals surface area contributed by atoms with Gasteiger partial charge < -0.3 is 11.1 Å². The van der Waals surface area contributed by atoms with Crippen molar-refractivity contribution in [1.82, 2.24) is 20.5 Å². The molecule has 1 aromatic heterocycles. The summed E-state index contributed by atoms with van der Waals surface area (Å²) in [4.78, 5) is 15.9. The minimum absolute atomic E-state index is 0.224. The third kappa shape index (κ3) is 3.45. The molecule has 0 bridgehead atoms. The summed E-state index contributed by atoms with van der Waals surface area (Å²) in [5.74, 6) is 0.578. The Kier molecular flexibility index (Phi) is 4.35. The lowest BCUT2D eigenvalue weighted by molar-refractivity contribution is 0.0954. The Balaban J connectivity index is 1.83. The van der Waals surface area contributed by atoms with Gasteiger partial charge in [-0.05, 0) is 18.6 Å². The molecule has 2 aromatic rings. The SMILES string of the molecule is Nc1c(Cl)cccc1C(=O)NCCCc1ncn[nH]1. The molecule has 1 heterocycles. The Bertz CT molecular complexity index is 555. The van der Waals surface area contributed by atoms with Gasteiger partial charge in [-0.2, -0.15) is 5.10 Å². The summed E-state index contributed by atoms with van der Waals surface area (Å²) in [5.41, 5.74) is 6.45. The lowest BCUT2D eigenvalue weighted by atomic mass is 10.1. The average molecular weight is 280 g/mol. The van der Waals surface area contributed by atoms with Crippen LogP contribution in [0.25, 0.3) is 0 Å². The van der Waals surface area contributed by atoms with Crippen LogP contribution < -0.4 is 11.1 Å². The fourth-order valence-electron chi connectivity index (χ4n) is 1.64. The minimum atomic E-state index is -0.224. The lowest BCUT2D eigenvalue weighted by Crippen LogP contribution is -2.25. The van der Waals surface area contributed by atoms with Crippen molar-refractivity contribution in [3.05, 3.63) is 40.9 Å². The molecule has 100 valence electrons. The van der Waals surface area contributed by atoms with Crippen molar-refractivity contribution in [1.29, 1.82) is 0 Å². The number of nitrogens with two attached hydrogens (primary N) is 1. The molecule has 1 aromatic carbocycles. The van der Waals surface area contributed by atoms with Crippen LogP contribution in [0.15, 0.2) is 24.5 Å². The van der Waals surface area contributed by atoms with E-state index < -0.39 is 0 Å². The number of nitrogen functional groups attached to an aromatic ring is 1. The molecule has 6 nitrogen and oxygen atoms in total. The maximum absolute atomic E-state index is 11.9. The topological polar surface area (TPSA) is 96.7 Å². The van der Waals surface area contributed by atoms with Crippen LogP contribution in [-0.4, -0.2) is 27.6 Å². The van der Waals surface area contributed by atoms with Gasteiger partial charge in [0.25, 0.3) is 5.91 Å². The predicted octanol–water partition coefficient (Wildman–Crippen LogP) is 1.40. The van der Waals surface area contributed by atoms with Crippen LogP contribution in [0.2, 0.25) is 5.02 Å². The third-order valence-electron chi connectivity index (χ3n) is 2.64. The van der Waals surface area contributed by atoms with E-state index in [1.807, 2.05) is 0 Å². The molecular formula is C12H14ClN5O. The Morgan fingerprint density at radius 2 is 2.32 bits per heavy atom. The molecule has 0 atom stereocenters. The predicted molar refractivity (Wildman–Crippen MR) is 72.9 cm³/mol. The number of benzene rings is 1. The zero-order valence-electron chi connectivity index (χ0n) is 10.2. The molecule has 0 saturated heterocycles. The Morgan fingerprint density at radius 1 is 1.47 bits per heavy atom. The minimum Gasteiger partial charge on any atom is -0.397 e. The van der Waals surface area contributed by atoms with Crippen molar-refractivity contribution >= 4 is 23.2 Å². The van der Waals surface area contributed by atoms with Crippen molar-refractivity contribution < 1.29 is 4.79 Å². The highest BCUT2D eigenvalue weighted by atomic mass is 35.5. The number of halogens is 1. The van der Waals surface area contributed by atoms with Crippen LogP contribution in [0, 0.1) is 0 Å². The normalized spacial score (nSPS) is 10.4. The summed E-state index contributed by atoms with van der Waals surface area (Å²) in [6.45, 7) is 0.533. The van der Waals surface area contributed by atoms with Crippen LogP contribution >= 0.6 is 11.6 Å². The van der Waals surface area contributed by atoms with Gasteiger partial charge in [0.1, 0.15) is 12.2 Å². The molecule has 7 heteroatoms. The molecule has 19 heavy (non-hydrogen) atoms. The summed E-state index contributed by atoms with van der Waals surface area (Å²) in [5, 5.41) is 9.69. The van der Waals surface area contributed by atoms with Crippen LogP contribution in [-0.2, 0) is 6.42 Å². The van der Waals surface area contributed by atoms with Crippen LogP contribution in [0.5, 0.6) is 0 Å². The number of carbonyl (C=O) groups is 1. The molecule has 0 spiro atoms. The van der Waals surface area contributed by atoms with E-state index in [0.29, 0.717) is 22.8 Å². The van der Waals surface area contributed by atoms with Crippen molar-refractivity contribution in [2.24, 2.45) is 0 Å². The summed E-state index contributed by atoms with van der Waals surface area (Å²) >= 11 is 5.86. The first-order valence-electron chi connectivity index (χ1n) is 5.85. The molecule has 0 fully saturated rings. The van der Waals surface area contributed by atoms with Gasteiger partial charge in [-0.3, -0.25) is 9.89 Å². The molecule has 0 aliphatic rings. The average Bonchev–Trinajstić information content (AvgIpc) is 2.91. The van der Waals surface area contributed by atoms with E-state index in [9.17, 15) is 4.79 Å². The van der Waals surface area contributed by atoms with Gasteiger partial charge in [0.05, 0.1) is 16.3 Å². The lowest BCUT2D eigenvalue weighted by Gasteiger charge is -2.08. The van der Waals surface area contributed by atoms with Crippen LogP contribution in [0.4, 0.5) is 5.69 Å². The number of H-pyrrole nitrogens is 1. The highest BCUT2D eigenvalue weighted by Gasteiger charge is 2.10. The maximum atomic E-state index is 11.9. The third-order valence-corrected chi connectivity index (χ3v) is 2.97. The Morgan fingerprint density at radius 3 is 3.05 bits per heavy atom. The second kappa shape index (κ2) is 6.19. The van der Waals surface area contributed by atoms with E-state index in [1.54, 1.807) is 18.2 Å². The number of rotatable bonds is 5. The first kappa shape index (κ1) is 13.4. The van der Waals surface area contributed by atoms with Gasteiger partial charge in [-0.15, -0.1) is 0 Å². The Hall–Kier alpha value is -2.08. The van der Waals surface area contributed by atoms with Crippen molar-refractivity contribution in [3.63, 3.8) is 0 Å². The number of aromatic nitrogens is 3. The van der Waals surface area contributed by atoms with E-state index in [-0.39, 0.29) is 5.91 Å². The molecule has 0 aliphatic heterocycles. The summed E-state index contributed by atoms with van der Waals surface area (Å²) in [6.07, 6.45) is 2.95. The molecule has 0 saturated carbocycles. The van der Waals surface area contributed by atoms with Crippen molar-refractivity contribution in [2.45, 2.75) is 12.8 Å². The van der Waals surface area contributed by atoms with E-state index in [0.717, 1.165) is 18.7 Å². The maximum Gasteiger partial charge on any atom is 0.253 e. The standard InChI is InChI=1S/C12H14ClN5O/c13-9-4-1-3-8(11(9)14)12(19)15-6-2-5-10-16-7-17-18-10/h1,3-4,7H,2,5-6,14H2,(H,15,19)(H,16,17,18). The van der Waals surface area contributed by atoms with Crippen molar-refractivity contribution in [2.75, 3.05) is 12.3 Å². The number of para-hydroxylation sites is 1. The number of hydrogen-bond donors (Lipinski definition) is 3. The van der Waals surface area contributed by atoms with Gasteiger partial charge >= 0.3 is 0 Å². The Labute approximate surface area is 115 Å². The van der Waals surface area contributed by atoms with E-state index in [1.165, 1.54) is 6.33 Å². The zero-order valence-corrected chi connectivity index (χ0v) is 10.9. The molecule has 0 radical (unpaired) electrons. The van der Waals surface area contributed by atoms with E-state index in [4.69, 9.17) is 17.3 Å². The van der Waals surface area contributed by atoms with E-state index in [2.05, 4.69) is 20.5 Å². The fraction of sp³-hybridized carbons (Fsp3) is 0.250. The first-order valence-corrected chi connectivity index (χ1v) is 6.22. The quantitative estimate of drug-likeness (QED) is 0.569. The van der Waals surface area contributed by atoms with Gasteiger partial charge in [0, 0.05) is 13.0 Å². The highest BCUT2D eigenvalue weighted by molar-refractivity contribution is 6.33. The van der Waals surface area contributed by atoms with Gasteiger partial charge in [-0.25, -0.2) is 4.98 Å². The molecule has 0 unspecified atom stereocenters. The summed E-state index contributed by atoms with van der Waals surface area (Å²) in [7, 11) is 0.